The monoisotopic (exact) mass is 522 g/mol. The van der Waals surface area contributed by atoms with Crippen LogP contribution in [0.5, 0.6) is 0 Å². The van der Waals surface area contributed by atoms with Crippen LogP contribution in [-0.4, -0.2) is 18.9 Å². The molecule has 0 spiro atoms. The number of fused-ring (bicyclic) bond motifs is 14. The highest BCUT2D eigenvalue weighted by Gasteiger charge is 2.23. The second-order valence-corrected chi connectivity index (χ2v) is 11.1. The van der Waals surface area contributed by atoms with E-state index in [2.05, 4.69) is 118 Å². The summed E-state index contributed by atoms with van der Waals surface area (Å²) in [6, 6.07) is 41.6. The van der Waals surface area contributed by atoms with Gasteiger partial charge in [-0.25, -0.2) is 4.98 Å². The zero-order valence-electron chi connectivity index (χ0n) is 22.0. The highest BCUT2D eigenvalue weighted by Crippen LogP contribution is 2.44. The summed E-state index contributed by atoms with van der Waals surface area (Å²) >= 11 is 0. The molecule has 41 heavy (non-hydrogen) atoms. The van der Waals surface area contributed by atoms with Crippen LogP contribution in [0.1, 0.15) is 11.1 Å². The molecule has 0 saturated heterocycles. The second-order valence-electron chi connectivity index (χ2n) is 11.1. The third kappa shape index (κ3) is 2.74. The Morgan fingerprint density at radius 1 is 0.537 bits per heavy atom. The molecule has 4 aromatic heterocycles. The number of benzene rings is 5. The minimum Gasteiger partial charge on any atom is -0.309 e. The maximum atomic E-state index is 5.16. The fourth-order valence-electron chi connectivity index (χ4n) is 7.16. The van der Waals surface area contributed by atoms with Gasteiger partial charge in [-0.05, 0) is 89.3 Å². The largest absolute Gasteiger partial charge is 0.309 e. The van der Waals surface area contributed by atoms with Crippen molar-refractivity contribution in [2.24, 2.45) is 0 Å². The first-order valence-corrected chi connectivity index (χ1v) is 14.1. The van der Waals surface area contributed by atoms with Crippen LogP contribution in [0.3, 0.4) is 0 Å². The Morgan fingerprint density at radius 2 is 1.32 bits per heavy atom. The molecule has 4 heteroatoms. The van der Waals surface area contributed by atoms with Crippen LogP contribution in [0.15, 0.2) is 121 Å². The number of aromatic nitrogens is 4. The lowest BCUT2D eigenvalue weighted by Crippen LogP contribution is -1.95. The van der Waals surface area contributed by atoms with E-state index < -0.39 is 0 Å². The summed E-state index contributed by atoms with van der Waals surface area (Å²) in [5, 5.41) is 4.75. The van der Waals surface area contributed by atoms with Crippen LogP contribution in [-0.2, 0) is 6.42 Å². The first kappa shape index (κ1) is 21.4. The quantitative estimate of drug-likeness (QED) is 0.202. The van der Waals surface area contributed by atoms with Gasteiger partial charge in [0.1, 0.15) is 5.65 Å². The van der Waals surface area contributed by atoms with Gasteiger partial charge in [-0.2, -0.15) is 0 Å². The van der Waals surface area contributed by atoms with Crippen molar-refractivity contribution in [2.75, 3.05) is 0 Å². The molecule has 5 aromatic carbocycles. The Morgan fingerprint density at radius 3 is 2.27 bits per heavy atom. The predicted molar refractivity (Wildman–Crippen MR) is 168 cm³/mol. The van der Waals surface area contributed by atoms with Crippen molar-refractivity contribution in [2.45, 2.75) is 6.42 Å². The smallest absolute Gasteiger partial charge is 0.146 e. The molecule has 0 aliphatic heterocycles. The standard InChI is InChI=1S/C37H22N4/c1-2-10-24(11-3-1)40-34-20-26-23(17-22-9-4-5-12-25(22)26)18-27(34)28-19-30-29(21-35(28)40)36-33(15-8-16-38-36)41-32-14-7-6-13-31(32)39-37(30)41/h1-16,18-21H,17H2. The third-order valence-corrected chi connectivity index (χ3v) is 8.92. The van der Waals surface area contributed by atoms with Crippen LogP contribution >= 0.6 is 0 Å². The topological polar surface area (TPSA) is 35.1 Å². The van der Waals surface area contributed by atoms with Crippen molar-refractivity contribution in [3.8, 4) is 16.8 Å². The van der Waals surface area contributed by atoms with Gasteiger partial charge in [0.25, 0.3) is 0 Å². The summed E-state index contributed by atoms with van der Waals surface area (Å²) in [6.07, 6.45) is 2.86. The molecule has 1 aliphatic carbocycles. The normalized spacial score (nSPS) is 12.8. The van der Waals surface area contributed by atoms with E-state index in [1.807, 2.05) is 12.3 Å². The average molecular weight is 523 g/mol. The van der Waals surface area contributed by atoms with Gasteiger partial charge in [0.15, 0.2) is 0 Å². The van der Waals surface area contributed by atoms with Gasteiger partial charge >= 0.3 is 0 Å². The summed E-state index contributed by atoms with van der Waals surface area (Å²) in [5.41, 5.74) is 14.2. The molecule has 0 atom stereocenters. The lowest BCUT2D eigenvalue weighted by Gasteiger charge is -2.11. The summed E-state index contributed by atoms with van der Waals surface area (Å²) in [6.45, 7) is 0. The number of para-hydroxylation sites is 3. The number of pyridine rings is 2. The van der Waals surface area contributed by atoms with Gasteiger partial charge in [0.2, 0.25) is 0 Å². The van der Waals surface area contributed by atoms with Crippen molar-refractivity contribution in [3.63, 3.8) is 0 Å². The number of hydrogen-bond acceptors (Lipinski definition) is 2. The number of hydrogen-bond donors (Lipinski definition) is 0. The predicted octanol–water partition coefficient (Wildman–Crippen LogP) is 8.86. The summed E-state index contributed by atoms with van der Waals surface area (Å²) in [7, 11) is 0. The number of rotatable bonds is 1. The van der Waals surface area contributed by atoms with Crippen LogP contribution in [0.4, 0.5) is 0 Å². The van der Waals surface area contributed by atoms with Crippen LogP contribution < -0.4 is 0 Å². The van der Waals surface area contributed by atoms with Gasteiger partial charge in [-0.15, -0.1) is 0 Å². The lowest BCUT2D eigenvalue weighted by atomic mass is 10.0. The first-order valence-electron chi connectivity index (χ1n) is 14.1. The molecule has 0 unspecified atom stereocenters. The van der Waals surface area contributed by atoms with E-state index in [9.17, 15) is 0 Å². The van der Waals surface area contributed by atoms with Gasteiger partial charge in [-0.1, -0.05) is 54.6 Å². The minimum absolute atomic E-state index is 0.970. The van der Waals surface area contributed by atoms with E-state index in [0.717, 1.165) is 50.6 Å². The van der Waals surface area contributed by atoms with Crippen molar-refractivity contribution in [1.29, 1.82) is 0 Å². The molecule has 0 bridgehead atoms. The Kier molecular flexibility index (Phi) is 3.95. The zero-order valence-corrected chi connectivity index (χ0v) is 22.0. The van der Waals surface area contributed by atoms with Gasteiger partial charge < -0.3 is 4.57 Å². The van der Waals surface area contributed by atoms with E-state index in [0.29, 0.717) is 0 Å². The zero-order chi connectivity index (χ0) is 26.7. The molecule has 0 radical (unpaired) electrons. The number of imidazole rings is 1. The molecule has 0 fully saturated rings. The molecular weight excluding hydrogens is 500 g/mol. The fraction of sp³-hybridized carbons (Fsp3) is 0.0270. The molecule has 9 aromatic rings. The molecule has 1 aliphatic rings. The van der Waals surface area contributed by atoms with Crippen molar-refractivity contribution in [1.82, 2.24) is 18.9 Å². The molecule has 0 saturated carbocycles. The number of nitrogens with zero attached hydrogens (tertiary/aromatic N) is 4. The summed E-state index contributed by atoms with van der Waals surface area (Å²) in [5.74, 6) is 0. The van der Waals surface area contributed by atoms with Gasteiger partial charge in [-0.3, -0.25) is 9.38 Å². The average Bonchev–Trinajstić information content (AvgIpc) is 3.69. The van der Waals surface area contributed by atoms with Crippen LogP contribution in [0.2, 0.25) is 0 Å². The highest BCUT2D eigenvalue weighted by molar-refractivity contribution is 6.21. The molecule has 4 nitrogen and oxygen atoms in total. The Hall–Kier alpha value is -5.48. The second kappa shape index (κ2) is 7.58. The lowest BCUT2D eigenvalue weighted by molar-refractivity contribution is 1.18. The first-order chi connectivity index (χ1) is 20.3. The van der Waals surface area contributed by atoms with E-state index in [1.54, 1.807) is 0 Å². The highest BCUT2D eigenvalue weighted by atomic mass is 15.0. The van der Waals surface area contributed by atoms with E-state index in [-0.39, 0.29) is 0 Å². The van der Waals surface area contributed by atoms with Crippen molar-refractivity contribution in [3.05, 3.63) is 133 Å². The van der Waals surface area contributed by atoms with Crippen LogP contribution in [0, 0.1) is 0 Å². The summed E-state index contributed by atoms with van der Waals surface area (Å²) < 4.78 is 4.70. The Balaban J connectivity index is 1.43. The maximum Gasteiger partial charge on any atom is 0.146 e. The minimum atomic E-state index is 0.970. The van der Waals surface area contributed by atoms with Crippen LogP contribution in [0.25, 0.3) is 77.1 Å². The Bertz CT molecular complexity index is 2550. The SMILES string of the molecule is c1ccc(-n2c3cc4c(cc3c3cc5c(cc32)c2ncccc2n2c3ccccc3nc52)Cc2ccccc2-4)cc1. The molecule has 10 rings (SSSR count). The van der Waals surface area contributed by atoms with E-state index in [1.165, 1.54) is 44.1 Å². The molecule has 0 amide bonds. The fourth-order valence-corrected chi connectivity index (χ4v) is 7.16. The molecule has 4 heterocycles. The maximum absolute atomic E-state index is 5.16. The summed E-state index contributed by atoms with van der Waals surface area (Å²) in [4.78, 5) is 10.1. The van der Waals surface area contributed by atoms with Gasteiger partial charge in [0.05, 0.1) is 33.1 Å². The molecule has 190 valence electrons. The van der Waals surface area contributed by atoms with E-state index in [4.69, 9.17) is 9.97 Å². The van der Waals surface area contributed by atoms with Crippen molar-refractivity contribution < 1.29 is 0 Å². The van der Waals surface area contributed by atoms with E-state index >= 15 is 0 Å². The molecule has 0 N–H and O–H groups in total. The van der Waals surface area contributed by atoms with Crippen molar-refractivity contribution >= 4 is 60.3 Å². The third-order valence-electron chi connectivity index (χ3n) is 8.92. The van der Waals surface area contributed by atoms with Gasteiger partial charge in [0, 0.05) is 33.4 Å². The Labute approximate surface area is 234 Å². The molecular formula is C37H22N4.